The molecule has 14 heavy (non-hydrogen) atoms. The number of hydrogen-bond acceptors (Lipinski definition) is 1. The molecule has 0 amide bonds. The van der Waals surface area contributed by atoms with Crippen LogP contribution in [0, 0.1) is 11.8 Å². The highest BCUT2D eigenvalue weighted by molar-refractivity contribution is 5.03. The van der Waals surface area contributed by atoms with Crippen molar-refractivity contribution in [2.75, 3.05) is 7.05 Å². The smallest absolute Gasteiger partial charge is 0.0278 e. The largest absolute Gasteiger partial charge is 0.313 e. The molecule has 1 saturated carbocycles. The second-order valence-corrected chi connectivity index (χ2v) is 5.09. The molecule has 3 unspecified atom stereocenters. The fraction of sp³-hybridized carbons (Fsp3) is 0.846. The maximum absolute atomic E-state index is 3.45. The second-order valence-electron chi connectivity index (χ2n) is 5.09. The molecule has 0 spiro atoms. The fourth-order valence-electron chi connectivity index (χ4n) is 2.62. The van der Waals surface area contributed by atoms with Gasteiger partial charge in [-0.2, -0.15) is 0 Å². The Kier molecular flexibility index (Phi) is 4.67. The second kappa shape index (κ2) is 5.55. The van der Waals surface area contributed by atoms with Gasteiger partial charge in [0.2, 0.25) is 0 Å². The molecule has 0 saturated heterocycles. The van der Waals surface area contributed by atoms with Gasteiger partial charge in [0, 0.05) is 6.04 Å². The molecule has 0 aliphatic heterocycles. The van der Waals surface area contributed by atoms with Crippen LogP contribution in [0.2, 0.25) is 0 Å². The molecule has 1 heteroatoms. The maximum Gasteiger partial charge on any atom is 0.0278 e. The zero-order valence-electron chi connectivity index (χ0n) is 10.1. The zero-order chi connectivity index (χ0) is 10.6. The number of hydrogen-bond donors (Lipinski definition) is 1. The van der Waals surface area contributed by atoms with Crippen molar-refractivity contribution in [1.29, 1.82) is 0 Å². The van der Waals surface area contributed by atoms with Crippen molar-refractivity contribution in [3.63, 3.8) is 0 Å². The average molecular weight is 195 g/mol. The van der Waals surface area contributed by atoms with E-state index >= 15 is 0 Å². The van der Waals surface area contributed by atoms with Crippen LogP contribution in [0.4, 0.5) is 0 Å². The number of rotatable bonds is 3. The molecule has 0 heterocycles. The summed E-state index contributed by atoms with van der Waals surface area (Å²) in [5.74, 6) is 1.79. The first kappa shape index (κ1) is 11.8. The van der Waals surface area contributed by atoms with Crippen molar-refractivity contribution in [3.8, 4) is 0 Å². The van der Waals surface area contributed by atoms with Crippen LogP contribution in [0.5, 0.6) is 0 Å². The van der Waals surface area contributed by atoms with Crippen molar-refractivity contribution in [3.05, 3.63) is 11.6 Å². The van der Waals surface area contributed by atoms with Crippen LogP contribution in [0.25, 0.3) is 0 Å². The Balaban J connectivity index is 2.55. The van der Waals surface area contributed by atoms with Crippen LogP contribution in [0.15, 0.2) is 11.6 Å². The van der Waals surface area contributed by atoms with E-state index in [1.54, 1.807) is 0 Å². The Morgan fingerprint density at radius 1 is 1.36 bits per heavy atom. The lowest BCUT2D eigenvalue weighted by Crippen LogP contribution is -2.34. The van der Waals surface area contributed by atoms with Crippen LogP contribution < -0.4 is 5.32 Å². The predicted octanol–water partition coefficient (Wildman–Crippen LogP) is 3.37. The summed E-state index contributed by atoms with van der Waals surface area (Å²) >= 11 is 0. The van der Waals surface area contributed by atoms with Crippen LogP contribution in [0.3, 0.4) is 0 Å². The molecule has 0 aromatic heterocycles. The van der Waals surface area contributed by atoms with Gasteiger partial charge < -0.3 is 5.32 Å². The molecule has 3 atom stereocenters. The van der Waals surface area contributed by atoms with Gasteiger partial charge in [-0.15, -0.1) is 0 Å². The fourth-order valence-corrected chi connectivity index (χ4v) is 2.62. The highest BCUT2D eigenvalue weighted by Gasteiger charge is 2.24. The molecule has 1 aliphatic carbocycles. The van der Waals surface area contributed by atoms with E-state index in [9.17, 15) is 0 Å². The van der Waals surface area contributed by atoms with Crippen LogP contribution in [-0.2, 0) is 0 Å². The summed E-state index contributed by atoms with van der Waals surface area (Å²) in [6.45, 7) is 6.77. The molecule has 1 fully saturated rings. The van der Waals surface area contributed by atoms with E-state index in [1.165, 1.54) is 31.3 Å². The Labute approximate surface area is 89.0 Å². The van der Waals surface area contributed by atoms with E-state index in [0.717, 1.165) is 11.8 Å². The lowest BCUT2D eigenvalue weighted by atomic mass is 9.78. The molecule has 0 radical (unpaired) electrons. The third-order valence-electron chi connectivity index (χ3n) is 3.33. The molecule has 1 N–H and O–H groups in total. The molecule has 82 valence electrons. The van der Waals surface area contributed by atoms with E-state index in [4.69, 9.17) is 0 Å². The quantitative estimate of drug-likeness (QED) is 0.681. The standard InChI is InChI=1S/C13H25N/c1-10(2)8-13(14-4)12-7-5-6-11(3)9-12/h8,11-14H,5-7,9H2,1-4H3. The summed E-state index contributed by atoms with van der Waals surface area (Å²) in [5, 5.41) is 3.45. The van der Waals surface area contributed by atoms with Crippen molar-refractivity contribution >= 4 is 0 Å². The molecule has 0 aromatic carbocycles. The first-order chi connectivity index (χ1) is 6.63. The highest BCUT2D eigenvalue weighted by atomic mass is 14.9. The van der Waals surface area contributed by atoms with Gasteiger partial charge in [-0.3, -0.25) is 0 Å². The van der Waals surface area contributed by atoms with Crippen molar-refractivity contribution < 1.29 is 0 Å². The lowest BCUT2D eigenvalue weighted by Gasteiger charge is -2.31. The predicted molar refractivity (Wildman–Crippen MR) is 63.4 cm³/mol. The normalized spacial score (nSPS) is 29.7. The Morgan fingerprint density at radius 3 is 2.57 bits per heavy atom. The molecule has 1 nitrogen and oxygen atoms in total. The van der Waals surface area contributed by atoms with Crippen molar-refractivity contribution in [2.45, 2.75) is 52.5 Å². The third-order valence-corrected chi connectivity index (χ3v) is 3.33. The molecule has 1 rings (SSSR count). The van der Waals surface area contributed by atoms with Crippen molar-refractivity contribution in [2.24, 2.45) is 11.8 Å². The van der Waals surface area contributed by atoms with Gasteiger partial charge in [-0.05, 0) is 45.6 Å². The first-order valence-corrected chi connectivity index (χ1v) is 5.95. The van der Waals surface area contributed by atoms with Gasteiger partial charge in [0.05, 0.1) is 0 Å². The van der Waals surface area contributed by atoms with Crippen molar-refractivity contribution in [1.82, 2.24) is 5.32 Å². The van der Waals surface area contributed by atoms with Crippen LogP contribution in [0.1, 0.15) is 46.5 Å². The Morgan fingerprint density at radius 2 is 2.07 bits per heavy atom. The van der Waals surface area contributed by atoms with Gasteiger partial charge in [0.15, 0.2) is 0 Å². The third kappa shape index (κ3) is 3.45. The number of nitrogens with one attached hydrogen (secondary N) is 1. The average Bonchev–Trinajstić information content (AvgIpc) is 2.14. The van der Waals surface area contributed by atoms with E-state index in [-0.39, 0.29) is 0 Å². The maximum atomic E-state index is 3.45. The minimum absolute atomic E-state index is 0.600. The first-order valence-electron chi connectivity index (χ1n) is 5.95. The molecular formula is C13H25N. The van der Waals surface area contributed by atoms with E-state index in [0.29, 0.717) is 6.04 Å². The lowest BCUT2D eigenvalue weighted by molar-refractivity contribution is 0.250. The minimum Gasteiger partial charge on any atom is -0.313 e. The summed E-state index contributed by atoms with van der Waals surface area (Å²) in [4.78, 5) is 0. The summed E-state index contributed by atoms with van der Waals surface area (Å²) in [6.07, 6.45) is 8.04. The Hall–Kier alpha value is -0.300. The van der Waals surface area contributed by atoms with Gasteiger partial charge in [0.25, 0.3) is 0 Å². The molecule has 0 aromatic rings. The highest BCUT2D eigenvalue weighted by Crippen LogP contribution is 2.31. The monoisotopic (exact) mass is 195 g/mol. The summed E-state index contributed by atoms with van der Waals surface area (Å²) < 4.78 is 0. The van der Waals surface area contributed by atoms with Gasteiger partial charge in [-0.25, -0.2) is 0 Å². The topological polar surface area (TPSA) is 12.0 Å². The van der Waals surface area contributed by atoms with E-state index < -0.39 is 0 Å². The van der Waals surface area contributed by atoms with Gasteiger partial charge >= 0.3 is 0 Å². The number of allylic oxidation sites excluding steroid dienone is 1. The van der Waals surface area contributed by atoms with Gasteiger partial charge in [0.1, 0.15) is 0 Å². The number of likely N-dealkylation sites (N-methyl/N-ethyl adjacent to an activating group) is 1. The zero-order valence-corrected chi connectivity index (χ0v) is 10.1. The molecular weight excluding hydrogens is 170 g/mol. The molecule has 1 aliphatic rings. The van der Waals surface area contributed by atoms with Crippen LogP contribution >= 0.6 is 0 Å². The molecule has 0 bridgehead atoms. The summed E-state index contributed by atoms with van der Waals surface area (Å²) in [5.41, 5.74) is 1.43. The van der Waals surface area contributed by atoms with E-state index in [2.05, 4.69) is 39.2 Å². The summed E-state index contributed by atoms with van der Waals surface area (Å²) in [7, 11) is 2.09. The van der Waals surface area contributed by atoms with Crippen LogP contribution in [-0.4, -0.2) is 13.1 Å². The Bertz CT molecular complexity index is 191. The summed E-state index contributed by atoms with van der Waals surface area (Å²) in [6, 6.07) is 0.600. The van der Waals surface area contributed by atoms with Gasteiger partial charge in [-0.1, -0.05) is 31.4 Å². The van der Waals surface area contributed by atoms with E-state index in [1.807, 2.05) is 0 Å². The SMILES string of the molecule is CNC(C=C(C)C)C1CCCC(C)C1. The minimum atomic E-state index is 0.600.